The second kappa shape index (κ2) is 8.44. The molecular weight excluding hydrogens is 434 g/mol. The molecule has 0 fully saturated rings. The largest absolute Gasteiger partial charge is 0.491 e. The second-order valence-electron chi connectivity index (χ2n) is 8.91. The van der Waals surface area contributed by atoms with E-state index in [1.807, 2.05) is 42.2 Å². The van der Waals surface area contributed by atoms with Gasteiger partial charge in [0, 0.05) is 24.0 Å². The minimum atomic E-state index is -0.841. The first-order valence-electron chi connectivity index (χ1n) is 11.3. The molecule has 10 heteroatoms. The molecule has 10 nitrogen and oxygen atoms in total. The summed E-state index contributed by atoms with van der Waals surface area (Å²) in [6, 6.07) is 6.18. The molecule has 0 radical (unpaired) electrons. The number of carbonyl (C=O) groups is 1. The highest BCUT2D eigenvalue weighted by Crippen LogP contribution is 2.37. The van der Waals surface area contributed by atoms with E-state index < -0.39 is 11.9 Å². The Morgan fingerprint density at radius 2 is 1.97 bits per heavy atom. The molecule has 1 aliphatic rings. The Hall–Kier alpha value is -3.95. The molecule has 0 spiro atoms. The molecule has 0 saturated heterocycles. The molecule has 4 heterocycles. The fraction of sp³-hybridized carbons (Fsp3) is 0.375. The minimum absolute atomic E-state index is 0.176. The van der Waals surface area contributed by atoms with Crippen LogP contribution in [-0.2, 0) is 17.9 Å². The van der Waals surface area contributed by atoms with Gasteiger partial charge in [-0.15, -0.1) is 0 Å². The lowest BCUT2D eigenvalue weighted by Crippen LogP contribution is -2.16. The van der Waals surface area contributed by atoms with Crippen LogP contribution in [0, 0.1) is 12.8 Å². The summed E-state index contributed by atoms with van der Waals surface area (Å²) in [5.74, 6) is 1.71. The molecule has 1 N–H and O–H groups in total. The van der Waals surface area contributed by atoms with Gasteiger partial charge in [-0.3, -0.25) is 9.48 Å². The van der Waals surface area contributed by atoms with Gasteiger partial charge in [0.1, 0.15) is 29.7 Å². The van der Waals surface area contributed by atoms with Gasteiger partial charge in [-0.2, -0.15) is 10.2 Å². The Kier molecular flexibility index (Phi) is 5.43. The number of aromatic nitrogens is 7. The van der Waals surface area contributed by atoms with Crippen LogP contribution in [-0.4, -0.2) is 51.8 Å². The van der Waals surface area contributed by atoms with Crippen LogP contribution in [0.5, 0.6) is 5.75 Å². The van der Waals surface area contributed by atoms with E-state index in [1.165, 1.54) is 0 Å². The highest BCUT2D eigenvalue weighted by molar-refractivity contribution is 5.74. The Bertz CT molecular complexity index is 1360. The van der Waals surface area contributed by atoms with Gasteiger partial charge < -0.3 is 14.4 Å². The minimum Gasteiger partial charge on any atom is -0.491 e. The van der Waals surface area contributed by atoms with E-state index in [-0.39, 0.29) is 6.04 Å². The molecule has 5 rings (SSSR count). The van der Waals surface area contributed by atoms with Gasteiger partial charge in [-0.1, -0.05) is 13.0 Å². The molecule has 0 bridgehead atoms. The number of benzene rings is 1. The third-order valence-electron chi connectivity index (χ3n) is 5.89. The van der Waals surface area contributed by atoms with E-state index in [2.05, 4.69) is 33.6 Å². The summed E-state index contributed by atoms with van der Waals surface area (Å²) < 4.78 is 11.7. The van der Waals surface area contributed by atoms with E-state index in [0.29, 0.717) is 19.7 Å². The lowest BCUT2D eigenvalue weighted by Gasteiger charge is -2.09. The summed E-state index contributed by atoms with van der Waals surface area (Å²) in [5, 5.41) is 18.0. The van der Waals surface area contributed by atoms with Crippen molar-refractivity contribution in [2.24, 2.45) is 5.92 Å². The third-order valence-corrected chi connectivity index (χ3v) is 5.89. The molecule has 176 valence electrons. The van der Waals surface area contributed by atoms with E-state index >= 15 is 0 Å². The van der Waals surface area contributed by atoms with E-state index in [0.717, 1.165) is 45.6 Å². The summed E-state index contributed by atoms with van der Waals surface area (Å²) >= 11 is 0. The average molecular weight is 462 g/mol. The number of ether oxygens (including phenoxy) is 1. The molecule has 3 aromatic heterocycles. The van der Waals surface area contributed by atoms with Crippen LogP contribution in [0.1, 0.15) is 32.6 Å². The Labute approximate surface area is 196 Å². The molecule has 1 aliphatic heterocycles. The van der Waals surface area contributed by atoms with Gasteiger partial charge in [0.25, 0.3) is 0 Å². The quantitative estimate of drug-likeness (QED) is 0.466. The fourth-order valence-corrected chi connectivity index (χ4v) is 4.11. The number of carboxylic acid groups (broad SMARTS) is 1. The molecule has 34 heavy (non-hydrogen) atoms. The number of carboxylic acids is 1. The van der Waals surface area contributed by atoms with Crippen molar-refractivity contribution in [1.82, 2.24) is 34.1 Å². The van der Waals surface area contributed by atoms with Crippen LogP contribution in [0.25, 0.3) is 34.0 Å². The SMILES string of the molecule is Cc1nc(-c2cn3c(n2)-c2ccc(-c4cnn(CC(C)C(=O)O)c4)cc2OCC3)n(C(C)C)n1. The molecule has 4 aromatic rings. The lowest BCUT2D eigenvalue weighted by molar-refractivity contribution is -0.141. The summed E-state index contributed by atoms with van der Waals surface area (Å²) in [5.41, 5.74) is 3.54. The van der Waals surface area contributed by atoms with Crippen LogP contribution in [0.4, 0.5) is 0 Å². The zero-order valence-corrected chi connectivity index (χ0v) is 19.6. The predicted octanol–water partition coefficient (Wildman–Crippen LogP) is 3.67. The number of aryl methyl sites for hydroxylation is 1. The third kappa shape index (κ3) is 3.95. The van der Waals surface area contributed by atoms with Gasteiger partial charge >= 0.3 is 5.97 Å². The number of hydrogen-bond acceptors (Lipinski definition) is 6. The second-order valence-corrected chi connectivity index (χ2v) is 8.91. The van der Waals surface area contributed by atoms with Crippen molar-refractivity contribution in [2.45, 2.75) is 46.8 Å². The number of imidazole rings is 1. The summed E-state index contributed by atoms with van der Waals surface area (Å²) in [4.78, 5) is 20.7. The Balaban J connectivity index is 1.48. The van der Waals surface area contributed by atoms with Gasteiger partial charge in [0.2, 0.25) is 0 Å². The van der Waals surface area contributed by atoms with Crippen molar-refractivity contribution in [3.8, 4) is 39.8 Å². The first kappa shape index (κ1) is 21.9. The van der Waals surface area contributed by atoms with Crippen molar-refractivity contribution in [2.75, 3.05) is 6.61 Å². The van der Waals surface area contributed by atoms with Crippen molar-refractivity contribution in [1.29, 1.82) is 0 Å². The topological polar surface area (TPSA) is 113 Å². The van der Waals surface area contributed by atoms with E-state index in [9.17, 15) is 4.79 Å². The maximum Gasteiger partial charge on any atom is 0.308 e. The van der Waals surface area contributed by atoms with Crippen LogP contribution >= 0.6 is 0 Å². The van der Waals surface area contributed by atoms with Gasteiger partial charge in [-0.25, -0.2) is 14.6 Å². The van der Waals surface area contributed by atoms with Gasteiger partial charge in [0.05, 0.1) is 30.8 Å². The molecule has 0 saturated carbocycles. The zero-order chi connectivity index (χ0) is 24.0. The highest BCUT2D eigenvalue weighted by atomic mass is 16.5. The molecule has 1 unspecified atom stereocenters. The first-order chi connectivity index (χ1) is 16.3. The van der Waals surface area contributed by atoms with Crippen LogP contribution < -0.4 is 4.74 Å². The first-order valence-corrected chi connectivity index (χ1v) is 11.3. The number of rotatable bonds is 6. The molecule has 0 amide bonds. The summed E-state index contributed by atoms with van der Waals surface area (Å²) in [6.07, 6.45) is 5.61. The average Bonchev–Trinajstić information content (AvgIpc) is 3.50. The Morgan fingerprint density at radius 3 is 2.74 bits per heavy atom. The van der Waals surface area contributed by atoms with Crippen LogP contribution in [0.3, 0.4) is 0 Å². The summed E-state index contributed by atoms with van der Waals surface area (Å²) in [6.45, 7) is 9.22. The number of nitrogens with zero attached hydrogens (tertiary/aromatic N) is 7. The lowest BCUT2D eigenvalue weighted by atomic mass is 10.1. The van der Waals surface area contributed by atoms with E-state index in [1.54, 1.807) is 17.8 Å². The van der Waals surface area contributed by atoms with Crippen molar-refractivity contribution >= 4 is 5.97 Å². The van der Waals surface area contributed by atoms with E-state index in [4.69, 9.17) is 14.8 Å². The number of aliphatic carboxylic acids is 1. The van der Waals surface area contributed by atoms with Gasteiger partial charge in [0.15, 0.2) is 5.82 Å². The monoisotopic (exact) mass is 461 g/mol. The van der Waals surface area contributed by atoms with Gasteiger partial charge in [-0.05, 0) is 38.5 Å². The van der Waals surface area contributed by atoms with Crippen molar-refractivity contribution in [3.05, 3.63) is 42.6 Å². The maximum atomic E-state index is 11.1. The molecular formula is C24H27N7O3. The van der Waals surface area contributed by atoms with Crippen LogP contribution in [0.2, 0.25) is 0 Å². The fourth-order valence-electron chi connectivity index (χ4n) is 4.11. The van der Waals surface area contributed by atoms with Crippen molar-refractivity contribution in [3.63, 3.8) is 0 Å². The maximum absolute atomic E-state index is 11.1. The molecule has 0 aliphatic carbocycles. The predicted molar refractivity (Wildman–Crippen MR) is 125 cm³/mol. The Morgan fingerprint density at radius 1 is 1.15 bits per heavy atom. The van der Waals surface area contributed by atoms with Crippen LogP contribution in [0.15, 0.2) is 36.8 Å². The number of fused-ring (bicyclic) bond motifs is 3. The zero-order valence-electron chi connectivity index (χ0n) is 19.6. The number of hydrogen-bond donors (Lipinski definition) is 1. The standard InChI is InChI=1S/C24H27N7O3/c1-14(2)31-23(26-16(4)28-31)20-13-29-7-8-34-21-9-17(5-6-19(21)22(29)27-20)18-10-25-30(12-18)11-15(3)24(32)33/h5-6,9-10,12-15H,7-8,11H2,1-4H3,(H,32,33). The summed E-state index contributed by atoms with van der Waals surface area (Å²) in [7, 11) is 0. The molecule has 1 aromatic carbocycles. The smallest absolute Gasteiger partial charge is 0.308 e. The highest BCUT2D eigenvalue weighted by Gasteiger charge is 2.23. The normalized spacial score (nSPS) is 13.8. The van der Waals surface area contributed by atoms with Crippen molar-refractivity contribution < 1.29 is 14.6 Å². The molecule has 1 atom stereocenters.